The van der Waals surface area contributed by atoms with Gasteiger partial charge in [0, 0.05) is 40.9 Å². The van der Waals surface area contributed by atoms with E-state index in [9.17, 15) is 4.79 Å². The molecule has 43 heavy (non-hydrogen) atoms. The molecule has 2 saturated carbocycles. The lowest BCUT2D eigenvalue weighted by Crippen LogP contribution is -2.61. The lowest BCUT2D eigenvalue weighted by atomic mass is 9.54. The molecule has 1 amide bonds. The number of carbonyl (C=O) groups is 1. The van der Waals surface area contributed by atoms with Crippen LogP contribution in [0.15, 0.2) is 41.3 Å². The summed E-state index contributed by atoms with van der Waals surface area (Å²) in [5, 5.41) is 15.0. The molecule has 3 atom stereocenters. The fraction of sp³-hybridized carbons (Fsp3) is 0.548. The molecule has 0 bridgehead atoms. The maximum Gasteiger partial charge on any atom is 0.237 e. The van der Waals surface area contributed by atoms with Crippen molar-refractivity contribution in [2.75, 3.05) is 5.32 Å². The lowest BCUT2D eigenvalue weighted by Gasteiger charge is -2.50. The average molecular weight is 630 g/mol. The van der Waals surface area contributed by atoms with Gasteiger partial charge < -0.3 is 9.73 Å². The van der Waals surface area contributed by atoms with Gasteiger partial charge in [-0.3, -0.25) is 14.9 Å². The van der Waals surface area contributed by atoms with Crippen molar-refractivity contribution in [2.45, 2.75) is 100 Å². The summed E-state index contributed by atoms with van der Waals surface area (Å²) >= 11 is 12.6. The molecule has 3 aromatic rings. The third-order valence-electron chi connectivity index (χ3n) is 10.4. The number of amides is 1. The number of hydrogen-bond acceptors (Lipinski definition) is 8. The molecule has 228 valence electrons. The number of pyridine rings is 1. The van der Waals surface area contributed by atoms with Crippen molar-refractivity contribution in [1.29, 1.82) is 0 Å². The number of anilines is 1. The molecule has 2 spiro atoms. The number of hydroxylamine groups is 1. The number of benzene rings is 1. The van der Waals surface area contributed by atoms with E-state index in [-0.39, 0.29) is 33.5 Å². The van der Waals surface area contributed by atoms with Gasteiger partial charge in [0.1, 0.15) is 22.6 Å². The van der Waals surface area contributed by atoms with Gasteiger partial charge in [-0.25, -0.2) is 9.37 Å². The van der Waals surface area contributed by atoms with Crippen LogP contribution in [0.1, 0.15) is 94.1 Å². The molecule has 4 heterocycles. The number of halogens is 3. The average Bonchev–Trinajstić information content (AvgIpc) is 3.69. The van der Waals surface area contributed by atoms with Crippen LogP contribution >= 0.6 is 23.2 Å². The fourth-order valence-electron chi connectivity index (χ4n) is 8.10. The zero-order chi connectivity index (χ0) is 30.0. The van der Waals surface area contributed by atoms with Crippen molar-refractivity contribution in [2.24, 2.45) is 5.41 Å². The van der Waals surface area contributed by atoms with Crippen LogP contribution in [0, 0.1) is 11.2 Å². The third-order valence-corrected chi connectivity index (χ3v) is 10.9. The molecule has 4 aliphatic rings. The summed E-state index contributed by atoms with van der Waals surface area (Å²) < 4.78 is 21.5. The summed E-state index contributed by atoms with van der Waals surface area (Å²) in [6.07, 6.45) is 8.88. The van der Waals surface area contributed by atoms with Gasteiger partial charge in [-0.1, -0.05) is 49.2 Å². The summed E-state index contributed by atoms with van der Waals surface area (Å²) in [5.41, 5.74) is 3.08. The Morgan fingerprint density at radius 3 is 2.60 bits per heavy atom. The fourth-order valence-corrected chi connectivity index (χ4v) is 8.44. The smallest absolute Gasteiger partial charge is 0.237 e. The second-order valence-electron chi connectivity index (χ2n) is 13.3. The van der Waals surface area contributed by atoms with Gasteiger partial charge in [0.05, 0.1) is 5.02 Å². The summed E-state index contributed by atoms with van der Waals surface area (Å²) in [4.78, 5) is 25.4. The highest BCUT2D eigenvalue weighted by Crippen LogP contribution is 2.64. The molecule has 2 aliphatic heterocycles. The van der Waals surface area contributed by atoms with E-state index in [1.165, 1.54) is 12.5 Å². The Bertz CT molecular complexity index is 1520. The molecule has 3 N–H and O–H groups in total. The Balaban J connectivity index is 1.28. The van der Waals surface area contributed by atoms with E-state index >= 15 is 4.39 Å². The van der Waals surface area contributed by atoms with Gasteiger partial charge in [0.2, 0.25) is 18.2 Å². The Hall–Kier alpha value is -2.63. The lowest BCUT2D eigenvalue weighted by molar-refractivity contribution is -0.125. The maximum absolute atomic E-state index is 16.1. The minimum absolute atomic E-state index is 0.00251. The Morgan fingerprint density at radius 2 is 1.88 bits per heavy atom. The van der Waals surface area contributed by atoms with Gasteiger partial charge in [0.25, 0.3) is 0 Å². The monoisotopic (exact) mass is 628 g/mol. The van der Waals surface area contributed by atoms with E-state index in [1.54, 1.807) is 24.4 Å². The highest BCUT2D eigenvalue weighted by Gasteiger charge is 2.72. The highest BCUT2D eigenvalue weighted by atomic mass is 35.5. The largest absolute Gasteiger partial charge is 0.428 e. The minimum Gasteiger partial charge on any atom is -0.428 e. The van der Waals surface area contributed by atoms with E-state index in [2.05, 4.69) is 45.1 Å². The van der Waals surface area contributed by atoms with Crippen LogP contribution in [0.25, 0.3) is 0 Å². The number of carbonyl (C=O) groups excluding carboxylic acids is 1. The van der Waals surface area contributed by atoms with Crippen molar-refractivity contribution in [3.8, 4) is 0 Å². The van der Waals surface area contributed by atoms with Crippen LogP contribution in [0.4, 0.5) is 10.1 Å². The Kier molecular flexibility index (Phi) is 7.29. The van der Waals surface area contributed by atoms with E-state index in [0.29, 0.717) is 35.5 Å². The molecule has 12 heteroatoms. The highest BCUT2D eigenvalue weighted by molar-refractivity contribution is 6.31. The molecule has 2 aliphatic carbocycles. The van der Waals surface area contributed by atoms with Crippen molar-refractivity contribution in [3.63, 3.8) is 0 Å². The van der Waals surface area contributed by atoms with Crippen LogP contribution in [0.2, 0.25) is 10.2 Å². The van der Waals surface area contributed by atoms with E-state index in [4.69, 9.17) is 32.5 Å². The minimum atomic E-state index is -1.22. The molecule has 2 aromatic heterocycles. The molecule has 0 unspecified atom stereocenters. The first-order valence-corrected chi connectivity index (χ1v) is 15.8. The molecule has 1 saturated heterocycles. The second kappa shape index (κ2) is 10.8. The number of hydrogen-bond donors (Lipinski definition) is 3. The Labute approximate surface area is 259 Å². The first kappa shape index (κ1) is 29.1. The Morgan fingerprint density at radius 1 is 1.12 bits per heavy atom. The topological polar surface area (TPSA) is 114 Å². The first-order chi connectivity index (χ1) is 20.6. The van der Waals surface area contributed by atoms with E-state index < -0.39 is 28.9 Å². The first-order valence-electron chi connectivity index (χ1n) is 15.0. The number of nitrogens with one attached hydrogen (secondary N) is 3. The molecule has 3 fully saturated rings. The van der Waals surface area contributed by atoms with E-state index in [0.717, 1.165) is 38.5 Å². The third kappa shape index (κ3) is 4.68. The normalized spacial score (nSPS) is 31.0. The molecular weight excluding hydrogens is 594 g/mol. The van der Waals surface area contributed by atoms with Gasteiger partial charge in [-0.15, -0.1) is 10.2 Å². The maximum atomic E-state index is 16.1. The SMILES string of the molecule is CC1(C)CCC2(CC1)N[C@@H](ONC1CCC(c3nnco3)CC1)[C@H](c1cccc(Cl)c1F)[C@]21C(=O)Nc2cc(Cl)ncc21. The zero-order valence-corrected chi connectivity index (χ0v) is 25.6. The van der Waals surface area contributed by atoms with Gasteiger partial charge in [-0.05, 0) is 74.5 Å². The predicted octanol–water partition coefficient (Wildman–Crippen LogP) is 6.40. The zero-order valence-electron chi connectivity index (χ0n) is 24.1. The standard InChI is InChI=1S/C31H35Cl2FN6O3/c1-29(2)10-12-30(13-11-29)31(20-15-35-23(33)14-22(20)37-28(31)41)24(19-4-3-5-21(32)25(19)34)27(38-30)43-40-18-8-6-17(7-9-18)26-39-36-16-42-26/h3-5,14-18,24,27,38,40H,6-13H2,1-2H3,(H,37,41)/t17?,18?,24-,27-,31+/m0/s1. The summed E-state index contributed by atoms with van der Waals surface area (Å²) in [6, 6.07) is 6.69. The van der Waals surface area contributed by atoms with Gasteiger partial charge in [-0.2, -0.15) is 5.48 Å². The van der Waals surface area contributed by atoms with Crippen LogP contribution in [-0.4, -0.2) is 38.9 Å². The number of fused-ring (bicyclic) bond motifs is 3. The van der Waals surface area contributed by atoms with Gasteiger partial charge in [0.15, 0.2) is 0 Å². The predicted molar refractivity (Wildman–Crippen MR) is 159 cm³/mol. The van der Waals surface area contributed by atoms with Crippen LogP contribution < -0.4 is 16.1 Å². The van der Waals surface area contributed by atoms with Crippen molar-refractivity contribution in [3.05, 3.63) is 69.9 Å². The summed E-state index contributed by atoms with van der Waals surface area (Å²) in [5.74, 6) is -0.640. The molecule has 1 aromatic carbocycles. The summed E-state index contributed by atoms with van der Waals surface area (Å²) in [6.45, 7) is 4.50. The summed E-state index contributed by atoms with van der Waals surface area (Å²) in [7, 11) is 0. The van der Waals surface area contributed by atoms with Crippen LogP contribution in [0.5, 0.6) is 0 Å². The molecule has 7 rings (SSSR count). The van der Waals surface area contributed by atoms with Crippen molar-refractivity contribution < 1.29 is 18.4 Å². The van der Waals surface area contributed by atoms with Crippen molar-refractivity contribution in [1.82, 2.24) is 26.0 Å². The van der Waals surface area contributed by atoms with Crippen molar-refractivity contribution >= 4 is 34.8 Å². The second-order valence-corrected chi connectivity index (χ2v) is 14.1. The molecular formula is C31H35Cl2FN6O3. The molecule has 9 nitrogen and oxygen atoms in total. The number of aromatic nitrogens is 3. The van der Waals surface area contributed by atoms with Crippen LogP contribution in [-0.2, 0) is 15.0 Å². The van der Waals surface area contributed by atoms with E-state index in [1.807, 2.05) is 0 Å². The van der Waals surface area contributed by atoms with Crippen LogP contribution in [0.3, 0.4) is 0 Å². The number of nitrogens with zero attached hydrogens (tertiary/aromatic N) is 3. The van der Waals surface area contributed by atoms with Gasteiger partial charge >= 0.3 is 0 Å². The molecule has 0 radical (unpaired) electrons. The quantitative estimate of drug-likeness (QED) is 0.220. The number of rotatable bonds is 5.